The number of piperidine rings is 1. The molecule has 0 bridgehead atoms. The van der Waals surface area contributed by atoms with E-state index in [0.29, 0.717) is 28.3 Å². The molecule has 0 amide bonds. The Kier molecular flexibility index (Phi) is 6.11. The SMILES string of the molecule is Clc1cc(Nc2nc(NCC3CCNCC3)c3occc3n2)ccc1N1CCOCC1. The predicted molar refractivity (Wildman–Crippen MR) is 124 cm³/mol. The summed E-state index contributed by atoms with van der Waals surface area (Å²) in [4.78, 5) is 11.5. The minimum absolute atomic E-state index is 0.511. The molecule has 2 aromatic heterocycles. The topological polar surface area (TPSA) is 87.5 Å². The lowest BCUT2D eigenvalue weighted by Crippen LogP contribution is -2.36. The van der Waals surface area contributed by atoms with E-state index < -0.39 is 0 Å². The molecule has 0 spiro atoms. The van der Waals surface area contributed by atoms with Crippen LogP contribution in [0, 0.1) is 5.92 Å². The van der Waals surface area contributed by atoms with Gasteiger partial charge < -0.3 is 30.0 Å². The predicted octanol–water partition coefficient (Wildman–Crippen LogP) is 3.87. The first-order chi connectivity index (χ1) is 15.3. The number of benzene rings is 1. The van der Waals surface area contributed by atoms with Gasteiger partial charge in [-0.3, -0.25) is 0 Å². The Morgan fingerprint density at radius 2 is 1.97 bits per heavy atom. The van der Waals surface area contributed by atoms with E-state index in [2.05, 4.69) is 30.8 Å². The average molecular weight is 443 g/mol. The quantitative estimate of drug-likeness (QED) is 0.530. The Balaban J connectivity index is 1.33. The van der Waals surface area contributed by atoms with Crippen molar-refractivity contribution in [3.05, 3.63) is 35.6 Å². The van der Waals surface area contributed by atoms with Gasteiger partial charge in [-0.05, 0) is 50.0 Å². The molecule has 4 heterocycles. The molecule has 2 aliphatic rings. The second kappa shape index (κ2) is 9.30. The number of furan rings is 1. The molecule has 2 saturated heterocycles. The standard InChI is InChI=1S/C22H27ClN6O2/c23-17-13-16(1-2-19(17)29-8-11-30-12-9-29)26-22-27-18-5-10-31-20(18)21(28-22)25-14-15-3-6-24-7-4-15/h1-2,5,10,13,15,24H,3-4,6-9,11-12,14H2,(H2,25,26,27,28). The van der Waals surface area contributed by atoms with Crippen LogP contribution in [-0.4, -0.2) is 55.9 Å². The van der Waals surface area contributed by atoms with E-state index in [-0.39, 0.29) is 0 Å². The van der Waals surface area contributed by atoms with Crippen LogP contribution < -0.4 is 20.9 Å². The van der Waals surface area contributed by atoms with Crippen molar-refractivity contribution < 1.29 is 9.15 Å². The Hall–Kier alpha value is -2.55. The molecule has 31 heavy (non-hydrogen) atoms. The third-order valence-corrected chi connectivity index (χ3v) is 6.18. The maximum atomic E-state index is 6.58. The number of morpholine rings is 1. The van der Waals surface area contributed by atoms with Crippen LogP contribution in [0.4, 0.5) is 23.1 Å². The molecule has 3 aromatic rings. The van der Waals surface area contributed by atoms with E-state index in [0.717, 1.165) is 62.8 Å². The summed E-state index contributed by atoms with van der Waals surface area (Å²) in [6.45, 7) is 6.15. The summed E-state index contributed by atoms with van der Waals surface area (Å²) < 4.78 is 11.1. The molecule has 2 fully saturated rings. The van der Waals surface area contributed by atoms with Crippen molar-refractivity contribution >= 4 is 45.8 Å². The van der Waals surface area contributed by atoms with Crippen LogP contribution in [0.1, 0.15) is 12.8 Å². The number of fused-ring (bicyclic) bond motifs is 1. The second-order valence-electron chi connectivity index (χ2n) is 8.00. The van der Waals surface area contributed by atoms with Crippen LogP contribution in [0.2, 0.25) is 5.02 Å². The van der Waals surface area contributed by atoms with Crippen molar-refractivity contribution in [1.82, 2.24) is 15.3 Å². The van der Waals surface area contributed by atoms with Crippen molar-refractivity contribution in [2.45, 2.75) is 12.8 Å². The number of hydrogen-bond donors (Lipinski definition) is 3. The summed E-state index contributed by atoms with van der Waals surface area (Å²) in [7, 11) is 0. The van der Waals surface area contributed by atoms with Gasteiger partial charge >= 0.3 is 0 Å². The summed E-state index contributed by atoms with van der Waals surface area (Å²) in [5, 5.41) is 10.9. The van der Waals surface area contributed by atoms with E-state index in [1.807, 2.05) is 24.3 Å². The highest BCUT2D eigenvalue weighted by Crippen LogP contribution is 2.31. The molecule has 8 nitrogen and oxygen atoms in total. The number of hydrogen-bond acceptors (Lipinski definition) is 8. The van der Waals surface area contributed by atoms with E-state index in [9.17, 15) is 0 Å². The van der Waals surface area contributed by atoms with E-state index in [1.165, 1.54) is 12.8 Å². The summed E-state index contributed by atoms with van der Waals surface area (Å²) in [6.07, 6.45) is 3.98. The number of halogens is 1. The summed E-state index contributed by atoms with van der Waals surface area (Å²) in [6, 6.07) is 7.80. The number of ether oxygens (including phenoxy) is 1. The molecular weight excluding hydrogens is 416 g/mol. The minimum atomic E-state index is 0.511. The zero-order valence-corrected chi connectivity index (χ0v) is 18.1. The highest BCUT2D eigenvalue weighted by atomic mass is 35.5. The van der Waals surface area contributed by atoms with Crippen LogP contribution in [-0.2, 0) is 4.74 Å². The van der Waals surface area contributed by atoms with Crippen molar-refractivity contribution in [2.24, 2.45) is 5.92 Å². The fourth-order valence-corrected chi connectivity index (χ4v) is 4.44. The van der Waals surface area contributed by atoms with Gasteiger partial charge in [-0.25, -0.2) is 4.98 Å². The Bertz CT molecular complexity index is 1030. The first-order valence-electron chi connectivity index (χ1n) is 10.9. The Morgan fingerprint density at radius 3 is 2.77 bits per heavy atom. The monoisotopic (exact) mass is 442 g/mol. The first kappa shape index (κ1) is 20.4. The van der Waals surface area contributed by atoms with Crippen LogP contribution >= 0.6 is 11.6 Å². The molecule has 0 unspecified atom stereocenters. The van der Waals surface area contributed by atoms with Crippen LogP contribution in [0.3, 0.4) is 0 Å². The van der Waals surface area contributed by atoms with Gasteiger partial charge in [0, 0.05) is 31.4 Å². The molecule has 164 valence electrons. The van der Waals surface area contributed by atoms with Gasteiger partial charge in [0.25, 0.3) is 0 Å². The largest absolute Gasteiger partial charge is 0.459 e. The lowest BCUT2D eigenvalue weighted by molar-refractivity contribution is 0.122. The van der Waals surface area contributed by atoms with Gasteiger partial charge in [-0.2, -0.15) is 4.98 Å². The number of nitrogens with zero attached hydrogens (tertiary/aromatic N) is 3. The maximum Gasteiger partial charge on any atom is 0.229 e. The molecule has 3 N–H and O–H groups in total. The fourth-order valence-electron chi connectivity index (χ4n) is 4.14. The molecule has 0 radical (unpaired) electrons. The highest BCUT2D eigenvalue weighted by molar-refractivity contribution is 6.33. The molecule has 0 aliphatic carbocycles. The summed E-state index contributed by atoms with van der Waals surface area (Å²) >= 11 is 6.58. The van der Waals surface area contributed by atoms with Gasteiger partial charge in [-0.1, -0.05) is 11.6 Å². The maximum absolute atomic E-state index is 6.58. The first-order valence-corrected chi connectivity index (χ1v) is 11.2. The van der Waals surface area contributed by atoms with Crippen LogP contribution in [0.25, 0.3) is 11.1 Å². The van der Waals surface area contributed by atoms with Crippen molar-refractivity contribution in [3.8, 4) is 0 Å². The van der Waals surface area contributed by atoms with Crippen molar-refractivity contribution in [2.75, 3.05) is 61.5 Å². The van der Waals surface area contributed by atoms with Crippen LogP contribution in [0.15, 0.2) is 34.9 Å². The van der Waals surface area contributed by atoms with Crippen LogP contribution in [0.5, 0.6) is 0 Å². The van der Waals surface area contributed by atoms with Gasteiger partial charge in [-0.15, -0.1) is 0 Å². The minimum Gasteiger partial charge on any atom is -0.459 e. The molecule has 9 heteroatoms. The van der Waals surface area contributed by atoms with Crippen molar-refractivity contribution in [1.29, 1.82) is 0 Å². The van der Waals surface area contributed by atoms with E-state index in [4.69, 9.17) is 20.8 Å². The third-order valence-electron chi connectivity index (χ3n) is 5.88. The normalized spacial score (nSPS) is 17.8. The zero-order chi connectivity index (χ0) is 21.0. The second-order valence-corrected chi connectivity index (χ2v) is 8.40. The number of nitrogens with one attached hydrogen (secondary N) is 3. The molecule has 5 rings (SSSR count). The fraction of sp³-hybridized carbons (Fsp3) is 0.455. The lowest BCUT2D eigenvalue weighted by Gasteiger charge is -2.29. The molecule has 2 aliphatic heterocycles. The van der Waals surface area contributed by atoms with Gasteiger partial charge in [0.05, 0.1) is 30.2 Å². The van der Waals surface area contributed by atoms with Gasteiger partial charge in [0.1, 0.15) is 5.52 Å². The Labute approximate surface area is 186 Å². The molecule has 0 saturated carbocycles. The highest BCUT2D eigenvalue weighted by Gasteiger charge is 2.17. The zero-order valence-electron chi connectivity index (χ0n) is 17.4. The molecule has 0 atom stereocenters. The number of rotatable bonds is 6. The molecular formula is C22H27ClN6O2. The Morgan fingerprint density at radius 1 is 1.13 bits per heavy atom. The number of aromatic nitrogens is 2. The third kappa shape index (κ3) is 4.71. The molecule has 1 aromatic carbocycles. The summed E-state index contributed by atoms with van der Waals surface area (Å²) in [5.74, 6) is 1.85. The number of anilines is 4. The summed E-state index contributed by atoms with van der Waals surface area (Å²) in [5.41, 5.74) is 3.31. The lowest BCUT2D eigenvalue weighted by atomic mass is 9.98. The smallest absolute Gasteiger partial charge is 0.229 e. The van der Waals surface area contributed by atoms with E-state index in [1.54, 1.807) is 6.26 Å². The van der Waals surface area contributed by atoms with Gasteiger partial charge in [0.15, 0.2) is 11.4 Å². The van der Waals surface area contributed by atoms with E-state index >= 15 is 0 Å². The van der Waals surface area contributed by atoms with Gasteiger partial charge in [0.2, 0.25) is 5.95 Å². The van der Waals surface area contributed by atoms with Crippen molar-refractivity contribution in [3.63, 3.8) is 0 Å². The average Bonchev–Trinajstić information content (AvgIpc) is 3.28.